The molecule has 2 aliphatic carbocycles. The van der Waals surface area contributed by atoms with Crippen LogP contribution in [0.15, 0.2) is 30.3 Å². The minimum absolute atomic E-state index is 0.0247. The highest BCUT2D eigenvalue weighted by molar-refractivity contribution is 5.80. The van der Waals surface area contributed by atoms with Crippen LogP contribution in [0.4, 0.5) is 4.79 Å². The number of ether oxygens (including phenoxy) is 4. The first-order chi connectivity index (χ1) is 16.5. The molecule has 5 aliphatic rings. The summed E-state index contributed by atoms with van der Waals surface area (Å²) in [6.07, 6.45) is 6.94. The predicted molar refractivity (Wildman–Crippen MR) is 123 cm³/mol. The quantitative estimate of drug-likeness (QED) is 0.664. The normalized spacial score (nSPS) is 35.2. The number of amides is 1. The monoisotopic (exact) mass is 469 g/mol. The number of carbonyl (C=O) groups excluding carboxylic acids is 2. The zero-order valence-electron chi connectivity index (χ0n) is 19.8. The van der Waals surface area contributed by atoms with Crippen LogP contribution in [0.1, 0.15) is 56.9 Å². The van der Waals surface area contributed by atoms with E-state index in [2.05, 4.69) is 0 Å². The third-order valence-electron chi connectivity index (χ3n) is 9.33. The van der Waals surface area contributed by atoms with Crippen LogP contribution in [-0.4, -0.2) is 61.6 Å². The summed E-state index contributed by atoms with van der Waals surface area (Å²) in [5.41, 5.74) is 1.10. The lowest BCUT2D eigenvalue weighted by Crippen LogP contribution is -2.50. The maximum absolute atomic E-state index is 12.7. The number of carbonyl (C=O) groups is 2. The van der Waals surface area contributed by atoms with Crippen LogP contribution in [0.3, 0.4) is 0 Å². The van der Waals surface area contributed by atoms with Gasteiger partial charge in [-0.1, -0.05) is 30.3 Å². The van der Waals surface area contributed by atoms with Crippen LogP contribution in [0.2, 0.25) is 0 Å². The molecule has 7 nitrogen and oxygen atoms in total. The fourth-order valence-corrected chi connectivity index (χ4v) is 7.63. The van der Waals surface area contributed by atoms with Gasteiger partial charge in [-0.05, 0) is 49.0 Å². The van der Waals surface area contributed by atoms with E-state index in [1.54, 1.807) is 0 Å². The van der Waals surface area contributed by atoms with Crippen LogP contribution in [-0.2, 0) is 30.3 Å². The minimum Gasteiger partial charge on any atom is -0.445 e. The zero-order valence-corrected chi connectivity index (χ0v) is 19.8. The maximum Gasteiger partial charge on any atom is 0.410 e. The fraction of sp³-hybridized carbons (Fsp3) is 0.704. The van der Waals surface area contributed by atoms with Gasteiger partial charge in [-0.2, -0.15) is 0 Å². The van der Waals surface area contributed by atoms with Gasteiger partial charge in [-0.15, -0.1) is 0 Å². The summed E-state index contributed by atoms with van der Waals surface area (Å²) in [7, 11) is 0. The molecule has 2 spiro atoms. The molecule has 6 rings (SSSR count). The molecule has 3 aliphatic heterocycles. The number of hydrogen-bond acceptors (Lipinski definition) is 6. The zero-order chi connectivity index (χ0) is 23.2. The molecule has 0 aromatic heterocycles. The van der Waals surface area contributed by atoms with Gasteiger partial charge in [0.25, 0.3) is 0 Å². The predicted octanol–water partition coefficient (Wildman–Crippen LogP) is 4.09. The highest BCUT2D eigenvalue weighted by atomic mass is 16.7. The Morgan fingerprint density at radius 1 is 1.00 bits per heavy atom. The molecule has 0 bridgehead atoms. The van der Waals surface area contributed by atoms with Crippen molar-refractivity contribution in [2.45, 2.75) is 69.9 Å². The van der Waals surface area contributed by atoms with Crippen molar-refractivity contribution in [3.05, 3.63) is 35.9 Å². The average molecular weight is 470 g/mol. The van der Waals surface area contributed by atoms with Gasteiger partial charge < -0.3 is 23.8 Å². The molecule has 0 unspecified atom stereocenters. The molecule has 184 valence electrons. The number of rotatable bonds is 3. The van der Waals surface area contributed by atoms with Crippen molar-refractivity contribution in [3.8, 4) is 0 Å². The van der Waals surface area contributed by atoms with Crippen molar-refractivity contribution in [3.63, 3.8) is 0 Å². The van der Waals surface area contributed by atoms with E-state index in [9.17, 15) is 9.59 Å². The van der Waals surface area contributed by atoms with Crippen LogP contribution < -0.4 is 0 Å². The van der Waals surface area contributed by atoms with Gasteiger partial charge >= 0.3 is 6.09 Å². The van der Waals surface area contributed by atoms with Gasteiger partial charge in [-0.3, -0.25) is 4.79 Å². The first-order valence-electron chi connectivity index (χ1n) is 12.9. The van der Waals surface area contributed by atoms with Crippen molar-refractivity contribution in [1.82, 2.24) is 4.90 Å². The van der Waals surface area contributed by atoms with E-state index in [1.807, 2.05) is 35.2 Å². The summed E-state index contributed by atoms with van der Waals surface area (Å²) in [6.45, 7) is 3.27. The Kier molecular flexibility index (Phi) is 5.70. The maximum atomic E-state index is 12.7. The largest absolute Gasteiger partial charge is 0.445 e. The second-order valence-corrected chi connectivity index (χ2v) is 11.0. The topological polar surface area (TPSA) is 74.3 Å². The van der Waals surface area contributed by atoms with Crippen molar-refractivity contribution in [2.24, 2.45) is 16.7 Å². The number of hydrogen-bond donors (Lipinski definition) is 0. The van der Waals surface area contributed by atoms with Crippen molar-refractivity contribution in [1.29, 1.82) is 0 Å². The Labute approximate surface area is 201 Å². The molecule has 7 heteroatoms. The minimum atomic E-state index is -0.466. The van der Waals surface area contributed by atoms with E-state index in [-0.39, 0.29) is 35.4 Å². The number of Topliss-reactive ketones (excluding diaryl/α,β-unsaturated/α-hetero) is 1. The smallest absolute Gasteiger partial charge is 0.410 e. The summed E-state index contributed by atoms with van der Waals surface area (Å²) in [5.74, 6) is 0.224. The van der Waals surface area contributed by atoms with E-state index in [0.29, 0.717) is 45.2 Å². The Hall–Kier alpha value is -1.96. The molecule has 3 heterocycles. The molecular weight excluding hydrogens is 434 g/mol. The second kappa shape index (κ2) is 8.61. The van der Waals surface area contributed by atoms with Crippen LogP contribution in [0.5, 0.6) is 0 Å². The standard InChI is InChI=1S/C27H35NO6/c29-22-6-10-25(18-26(25)19-27(33-14-15-34-27)11-7-23(26)31-17-22)21-8-12-28(13-9-21)24(30)32-16-20-4-2-1-3-5-20/h1-5,21,23H,6-19H2/t23-,25-,26+/m0/s1. The molecule has 3 atom stereocenters. The van der Waals surface area contributed by atoms with Gasteiger partial charge in [0.05, 0.1) is 19.3 Å². The van der Waals surface area contributed by atoms with E-state index in [1.165, 1.54) is 0 Å². The van der Waals surface area contributed by atoms with Crippen molar-refractivity contribution >= 4 is 11.9 Å². The molecule has 1 amide bonds. The van der Waals surface area contributed by atoms with Crippen molar-refractivity contribution in [2.75, 3.05) is 32.9 Å². The number of benzene rings is 1. The van der Waals surface area contributed by atoms with E-state index in [4.69, 9.17) is 18.9 Å². The summed E-state index contributed by atoms with van der Waals surface area (Å²) in [6, 6.07) is 9.79. The highest BCUT2D eigenvalue weighted by Crippen LogP contribution is 2.78. The molecule has 1 aromatic rings. The molecule has 3 saturated heterocycles. The van der Waals surface area contributed by atoms with Crippen LogP contribution in [0.25, 0.3) is 0 Å². The van der Waals surface area contributed by atoms with Crippen molar-refractivity contribution < 1.29 is 28.5 Å². The number of piperidine rings is 1. The third kappa shape index (κ3) is 3.76. The number of nitrogens with zero attached hydrogens (tertiary/aromatic N) is 1. The van der Waals surface area contributed by atoms with Gasteiger partial charge in [0, 0.05) is 37.8 Å². The van der Waals surface area contributed by atoms with Crippen LogP contribution >= 0.6 is 0 Å². The number of ketones is 1. The summed E-state index contributed by atoms with van der Waals surface area (Å²) in [5, 5.41) is 0. The SMILES string of the molecule is O=C1CC[C@@]2(C3CCN(C(=O)OCc4ccccc4)CC3)C[C@]23CC2(CC[C@@H]3OC1)OCCO2. The Bertz CT molecular complexity index is 922. The molecule has 0 N–H and O–H groups in total. The molecular formula is C27H35NO6. The third-order valence-corrected chi connectivity index (χ3v) is 9.33. The lowest BCUT2D eigenvalue weighted by molar-refractivity contribution is -0.221. The lowest BCUT2D eigenvalue weighted by atomic mass is 9.66. The Morgan fingerprint density at radius 3 is 2.53 bits per heavy atom. The van der Waals surface area contributed by atoms with Crippen LogP contribution in [0, 0.1) is 16.7 Å². The highest BCUT2D eigenvalue weighted by Gasteiger charge is 2.76. The van der Waals surface area contributed by atoms with E-state index in [0.717, 1.165) is 50.5 Å². The van der Waals surface area contributed by atoms with Gasteiger partial charge in [0.2, 0.25) is 0 Å². The van der Waals surface area contributed by atoms with Gasteiger partial charge in [-0.25, -0.2) is 4.79 Å². The molecule has 0 radical (unpaired) electrons. The molecule has 2 saturated carbocycles. The van der Waals surface area contributed by atoms with E-state index >= 15 is 0 Å². The summed E-state index contributed by atoms with van der Waals surface area (Å²) < 4.78 is 24.1. The number of likely N-dealkylation sites (tertiary alicyclic amines) is 1. The first kappa shape index (κ1) is 22.5. The molecule has 34 heavy (non-hydrogen) atoms. The summed E-state index contributed by atoms with van der Waals surface area (Å²) in [4.78, 5) is 27.0. The fourth-order valence-electron chi connectivity index (χ4n) is 7.63. The second-order valence-electron chi connectivity index (χ2n) is 11.0. The van der Waals surface area contributed by atoms with Gasteiger partial charge in [0.1, 0.15) is 13.2 Å². The van der Waals surface area contributed by atoms with E-state index < -0.39 is 5.79 Å². The van der Waals surface area contributed by atoms with Gasteiger partial charge in [0.15, 0.2) is 11.6 Å². The Balaban J connectivity index is 1.14. The molecule has 1 aromatic carbocycles. The Morgan fingerprint density at radius 2 is 1.76 bits per heavy atom. The first-order valence-corrected chi connectivity index (χ1v) is 12.9. The lowest BCUT2D eigenvalue weighted by Gasteiger charge is -2.47. The molecule has 5 fully saturated rings. The summed E-state index contributed by atoms with van der Waals surface area (Å²) >= 11 is 0. The average Bonchev–Trinajstić information content (AvgIpc) is 3.24.